The molecule has 1 rings (SSSR count). The Kier molecular flexibility index (Phi) is 4.58. The Bertz CT molecular complexity index is 364. The molecule has 0 spiro atoms. The average molecular weight is 245 g/mol. The second-order valence-corrected chi connectivity index (χ2v) is 4.28. The van der Waals surface area contributed by atoms with Crippen molar-refractivity contribution in [3.63, 3.8) is 0 Å². The highest BCUT2D eigenvalue weighted by Gasteiger charge is 2.12. The van der Waals surface area contributed by atoms with E-state index >= 15 is 0 Å². The van der Waals surface area contributed by atoms with Crippen LogP contribution in [0.2, 0.25) is 10.0 Å². The van der Waals surface area contributed by atoms with Gasteiger partial charge in [0.2, 0.25) is 0 Å². The van der Waals surface area contributed by atoms with Crippen LogP contribution >= 0.6 is 23.2 Å². The molecule has 1 aromatic heterocycles. The van der Waals surface area contributed by atoms with Gasteiger partial charge in [0.1, 0.15) is 0 Å². The molecular formula is C11H14Cl2N2. The molecule has 0 bridgehead atoms. The molecule has 1 aromatic rings. The first kappa shape index (κ1) is 12.5. The summed E-state index contributed by atoms with van der Waals surface area (Å²) in [7, 11) is 0. The van der Waals surface area contributed by atoms with Gasteiger partial charge in [-0.15, -0.1) is 0 Å². The van der Waals surface area contributed by atoms with E-state index in [0.717, 1.165) is 12.0 Å². The van der Waals surface area contributed by atoms with E-state index in [-0.39, 0.29) is 6.04 Å². The number of nitrogens with zero attached hydrogens (tertiary/aromatic N) is 1. The van der Waals surface area contributed by atoms with Gasteiger partial charge in [-0.2, -0.15) is 0 Å². The van der Waals surface area contributed by atoms with E-state index in [0.29, 0.717) is 22.2 Å². The lowest BCUT2D eigenvalue weighted by molar-refractivity contribution is 0.679. The molecule has 0 aliphatic carbocycles. The fourth-order valence-electron chi connectivity index (χ4n) is 1.25. The van der Waals surface area contributed by atoms with Crippen molar-refractivity contribution in [1.82, 2.24) is 4.98 Å². The van der Waals surface area contributed by atoms with Gasteiger partial charge >= 0.3 is 0 Å². The number of aromatic nitrogens is 1. The quantitative estimate of drug-likeness (QED) is 0.820. The second-order valence-electron chi connectivity index (χ2n) is 3.43. The molecule has 1 atom stereocenters. The van der Waals surface area contributed by atoms with Crippen LogP contribution < -0.4 is 5.73 Å². The van der Waals surface area contributed by atoms with Crippen molar-refractivity contribution in [3.05, 3.63) is 40.2 Å². The van der Waals surface area contributed by atoms with E-state index in [9.17, 15) is 0 Å². The van der Waals surface area contributed by atoms with Gasteiger partial charge < -0.3 is 5.73 Å². The minimum absolute atomic E-state index is 0.206. The maximum absolute atomic E-state index is 5.99. The molecule has 0 fully saturated rings. The monoisotopic (exact) mass is 244 g/mol. The van der Waals surface area contributed by atoms with Gasteiger partial charge in [0.05, 0.1) is 21.8 Å². The van der Waals surface area contributed by atoms with E-state index in [1.165, 1.54) is 0 Å². The lowest BCUT2D eigenvalue weighted by atomic mass is 10.0. The summed E-state index contributed by atoms with van der Waals surface area (Å²) in [5.41, 5.74) is 7.74. The Balaban J connectivity index is 2.82. The van der Waals surface area contributed by atoms with E-state index in [4.69, 9.17) is 28.9 Å². The van der Waals surface area contributed by atoms with Gasteiger partial charge in [0, 0.05) is 6.20 Å². The summed E-state index contributed by atoms with van der Waals surface area (Å²) >= 11 is 11.7. The Morgan fingerprint density at radius 2 is 2.27 bits per heavy atom. The SMILES string of the molecule is C=C(CC)CC(N)c1ncc(Cl)cc1Cl. The van der Waals surface area contributed by atoms with Gasteiger partial charge in [0.25, 0.3) is 0 Å². The van der Waals surface area contributed by atoms with Crippen molar-refractivity contribution in [1.29, 1.82) is 0 Å². The van der Waals surface area contributed by atoms with E-state index in [1.807, 2.05) is 6.92 Å². The Morgan fingerprint density at radius 3 is 2.80 bits per heavy atom. The Morgan fingerprint density at radius 1 is 1.60 bits per heavy atom. The fourth-order valence-corrected chi connectivity index (χ4v) is 1.77. The summed E-state index contributed by atoms with van der Waals surface area (Å²) < 4.78 is 0. The van der Waals surface area contributed by atoms with Gasteiger partial charge in [-0.1, -0.05) is 42.3 Å². The zero-order chi connectivity index (χ0) is 11.4. The third-order valence-corrected chi connectivity index (χ3v) is 2.71. The summed E-state index contributed by atoms with van der Waals surface area (Å²) in [6, 6.07) is 1.45. The fraction of sp³-hybridized carbons (Fsp3) is 0.364. The van der Waals surface area contributed by atoms with Crippen LogP contribution in [-0.2, 0) is 0 Å². The zero-order valence-corrected chi connectivity index (χ0v) is 10.1. The first-order chi connectivity index (χ1) is 7.04. The van der Waals surface area contributed by atoms with Crippen LogP contribution in [0, 0.1) is 0 Å². The zero-order valence-electron chi connectivity index (χ0n) is 8.63. The van der Waals surface area contributed by atoms with Crippen LogP contribution in [0.15, 0.2) is 24.4 Å². The van der Waals surface area contributed by atoms with Crippen LogP contribution in [-0.4, -0.2) is 4.98 Å². The molecule has 0 aromatic carbocycles. The molecule has 1 heterocycles. The summed E-state index contributed by atoms with van der Waals surface area (Å²) in [5.74, 6) is 0. The van der Waals surface area contributed by atoms with Crippen LogP contribution in [0.3, 0.4) is 0 Å². The lowest BCUT2D eigenvalue weighted by Crippen LogP contribution is -2.13. The lowest BCUT2D eigenvalue weighted by Gasteiger charge is -2.13. The summed E-state index contributed by atoms with van der Waals surface area (Å²) in [5, 5.41) is 1.03. The maximum Gasteiger partial charge on any atom is 0.0761 e. The van der Waals surface area contributed by atoms with Crippen molar-refractivity contribution in [3.8, 4) is 0 Å². The molecule has 0 amide bonds. The minimum Gasteiger partial charge on any atom is -0.322 e. The van der Waals surface area contributed by atoms with Crippen LogP contribution in [0.25, 0.3) is 0 Å². The largest absolute Gasteiger partial charge is 0.322 e. The second kappa shape index (κ2) is 5.50. The van der Waals surface area contributed by atoms with Gasteiger partial charge in [0.15, 0.2) is 0 Å². The molecule has 82 valence electrons. The van der Waals surface area contributed by atoms with E-state index in [2.05, 4.69) is 11.6 Å². The summed E-state index contributed by atoms with van der Waals surface area (Å²) in [6.07, 6.45) is 3.17. The molecule has 2 nitrogen and oxygen atoms in total. The number of hydrogen-bond donors (Lipinski definition) is 1. The van der Waals surface area contributed by atoms with Crippen molar-refractivity contribution < 1.29 is 0 Å². The van der Waals surface area contributed by atoms with Crippen molar-refractivity contribution in [2.24, 2.45) is 5.73 Å². The predicted molar refractivity (Wildman–Crippen MR) is 65.2 cm³/mol. The molecule has 4 heteroatoms. The highest BCUT2D eigenvalue weighted by atomic mass is 35.5. The number of rotatable bonds is 4. The number of hydrogen-bond acceptors (Lipinski definition) is 2. The van der Waals surface area contributed by atoms with E-state index in [1.54, 1.807) is 12.3 Å². The van der Waals surface area contributed by atoms with Crippen molar-refractivity contribution in [2.45, 2.75) is 25.8 Å². The number of nitrogens with two attached hydrogens (primary N) is 1. The topological polar surface area (TPSA) is 38.9 Å². The van der Waals surface area contributed by atoms with Gasteiger partial charge in [-0.3, -0.25) is 4.98 Å². The molecule has 0 aliphatic heterocycles. The highest BCUT2D eigenvalue weighted by molar-refractivity contribution is 6.34. The maximum atomic E-state index is 5.99. The standard InChI is InChI=1S/C11H14Cl2N2/c1-3-7(2)4-10(14)11-9(13)5-8(12)6-15-11/h5-6,10H,2-4,14H2,1H3. The Hall–Kier alpha value is -0.570. The van der Waals surface area contributed by atoms with Gasteiger partial charge in [-0.25, -0.2) is 0 Å². The summed E-state index contributed by atoms with van der Waals surface area (Å²) in [6.45, 7) is 5.96. The number of pyridine rings is 1. The van der Waals surface area contributed by atoms with Crippen LogP contribution in [0.1, 0.15) is 31.5 Å². The van der Waals surface area contributed by atoms with Gasteiger partial charge in [-0.05, 0) is 18.9 Å². The third kappa shape index (κ3) is 3.49. The smallest absolute Gasteiger partial charge is 0.0761 e. The minimum atomic E-state index is -0.206. The molecule has 0 radical (unpaired) electrons. The van der Waals surface area contributed by atoms with E-state index < -0.39 is 0 Å². The first-order valence-corrected chi connectivity index (χ1v) is 5.53. The normalized spacial score (nSPS) is 12.5. The van der Waals surface area contributed by atoms with Crippen LogP contribution in [0.4, 0.5) is 0 Å². The average Bonchev–Trinajstić information content (AvgIpc) is 2.17. The summed E-state index contributed by atoms with van der Waals surface area (Å²) in [4.78, 5) is 4.14. The predicted octanol–water partition coefficient (Wildman–Crippen LogP) is 3.74. The molecule has 0 aliphatic rings. The molecule has 15 heavy (non-hydrogen) atoms. The van der Waals surface area contributed by atoms with Crippen molar-refractivity contribution >= 4 is 23.2 Å². The molecule has 2 N–H and O–H groups in total. The third-order valence-electron chi connectivity index (χ3n) is 2.20. The molecule has 0 saturated carbocycles. The molecule has 1 unspecified atom stereocenters. The Labute approximate surface area is 100 Å². The first-order valence-electron chi connectivity index (χ1n) is 4.77. The molecular weight excluding hydrogens is 231 g/mol. The van der Waals surface area contributed by atoms with Crippen LogP contribution in [0.5, 0.6) is 0 Å². The van der Waals surface area contributed by atoms with Crippen molar-refractivity contribution in [2.75, 3.05) is 0 Å². The highest BCUT2D eigenvalue weighted by Crippen LogP contribution is 2.26. The number of halogens is 2. The molecule has 0 saturated heterocycles.